The average molecular weight is 496 g/mol. The molecule has 0 radical (unpaired) electrons. The molecule has 0 saturated carbocycles. The van der Waals surface area contributed by atoms with E-state index in [1.165, 1.54) is 6.08 Å². The molecule has 4 N–H and O–H groups in total. The fraction of sp³-hybridized carbons (Fsp3) is 0.409. The summed E-state index contributed by atoms with van der Waals surface area (Å²) in [6.45, 7) is 6.16. The van der Waals surface area contributed by atoms with Crippen molar-refractivity contribution in [3.8, 4) is 0 Å². The van der Waals surface area contributed by atoms with E-state index in [1.807, 2.05) is 0 Å². The molecular weight excluding hydrogens is 470 g/mol. The van der Waals surface area contributed by atoms with Crippen molar-refractivity contribution >= 4 is 23.7 Å². The van der Waals surface area contributed by atoms with E-state index in [4.69, 9.17) is 19.3 Å². The average Bonchev–Trinajstić information content (AvgIpc) is 3.01. The lowest BCUT2D eigenvalue weighted by atomic mass is 10.1. The lowest BCUT2D eigenvalue weighted by Gasteiger charge is -2.32. The number of halogens is 2. The summed E-state index contributed by atoms with van der Waals surface area (Å²) in [4.78, 5) is 28.5. The summed E-state index contributed by atoms with van der Waals surface area (Å²) < 4.78 is 43.8. The summed E-state index contributed by atoms with van der Waals surface area (Å²) in [5, 5.41) is 23.7. The van der Waals surface area contributed by atoms with E-state index in [-0.39, 0.29) is 24.4 Å². The zero-order chi connectivity index (χ0) is 25.8. The summed E-state index contributed by atoms with van der Waals surface area (Å²) in [5.41, 5.74) is 1.14. The van der Waals surface area contributed by atoms with Gasteiger partial charge in [-0.15, -0.1) is 0 Å². The Labute approximate surface area is 199 Å². The van der Waals surface area contributed by atoms with Crippen LogP contribution in [0.5, 0.6) is 0 Å². The third kappa shape index (κ3) is 6.32. The number of carbonyl (C=O) groups is 2. The van der Waals surface area contributed by atoms with Crippen LogP contribution in [0.25, 0.3) is 0 Å². The number of nitrogens with one attached hydrogen (secondary N) is 2. The van der Waals surface area contributed by atoms with Crippen LogP contribution in [0, 0.1) is 0 Å². The molecule has 3 atom stereocenters. The van der Waals surface area contributed by atoms with E-state index in [0.717, 1.165) is 11.1 Å². The van der Waals surface area contributed by atoms with Crippen molar-refractivity contribution in [1.29, 1.82) is 0 Å². The third-order valence-corrected chi connectivity index (χ3v) is 4.90. The Bertz CT molecular complexity index is 1010. The minimum Gasteiger partial charge on any atom is -0.447 e. The molecule has 1 fully saturated rings. The first-order valence-corrected chi connectivity index (χ1v) is 10.6. The predicted molar refractivity (Wildman–Crippen MR) is 119 cm³/mol. The summed E-state index contributed by atoms with van der Waals surface area (Å²) in [5.74, 6) is -3.89. The van der Waals surface area contributed by atoms with Crippen molar-refractivity contribution in [2.75, 3.05) is 11.9 Å². The normalized spacial score (nSPS) is 23.2. The van der Waals surface area contributed by atoms with Crippen LogP contribution in [0.1, 0.15) is 19.4 Å². The summed E-state index contributed by atoms with van der Waals surface area (Å²) >= 11 is 0. The minimum atomic E-state index is -3.69. The van der Waals surface area contributed by atoms with E-state index in [2.05, 4.69) is 22.2 Å². The molecule has 3 rings (SSSR count). The number of alkyl carbamates (subject to hydrolysis) is 1. The van der Waals surface area contributed by atoms with Gasteiger partial charge in [0.05, 0.1) is 12.7 Å². The number of anilines is 1. The van der Waals surface area contributed by atoms with Gasteiger partial charge in [-0.1, -0.05) is 18.7 Å². The minimum absolute atomic E-state index is 0.0139. The maximum absolute atomic E-state index is 14.3. The fourth-order valence-corrected chi connectivity index (χ4v) is 3.21. The molecule has 35 heavy (non-hydrogen) atoms. The van der Waals surface area contributed by atoms with Crippen molar-refractivity contribution in [3.05, 3.63) is 54.5 Å². The van der Waals surface area contributed by atoms with Crippen LogP contribution in [0.4, 0.5) is 24.1 Å². The van der Waals surface area contributed by atoms with Gasteiger partial charge in [0.15, 0.2) is 6.10 Å². The maximum Gasteiger partial charge on any atom is 0.413 e. The highest BCUT2D eigenvalue weighted by atomic mass is 19.3. The lowest BCUT2D eigenvalue weighted by Crippen LogP contribution is -2.47. The van der Waals surface area contributed by atoms with Crippen LogP contribution < -0.4 is 10.6 Å². The number of nitrogens with zero attached hydrogens (tertiary/aromatic N) is 2. The Morgan fingerprint density at radius 1 is 1.26 bits per heavy atom. The predicted octanol–water partition coefficient (Wildman–Crippen LogP) is 2.28. The second-order valence-electron chi connectivity index (χ2n) is 7.94. The Morgan fingerprint density at radius 3 is 2.51 bits per heavy atom. The van der Waals surface area contributed by atoms with E-state index >= 15 is 0 Å². The van der Waals surface area contributed by atoms with Crippen LogP contribution in [0.3, 0.4) is 0 Å². The van der Waals surface area contributed by atoms with E-state index in [1.54, 1.807) is 38.1 Å². The Hall–Kier alpha value is -3.55. The second kappa shape index (κ2) is 10.8. The Morgan fingerprint density at radius 2 is 1.94 bits per heavy atom. The van der Waals surface area contributed by atoms with Gasteiger partial charge in [0, 0.05) is 11.9 Å². The highest BCUT2D eigenvalue weighted by Gasteiger charge is 2.60. The third-order valence-electron chi connectivity index (χ3n) is 4.90. The smallest absolute Gasteiger partial charge is 0.413 e. The first kappa shape index (κ1) is 26.1. The maximum atomic E-state index is 14.3. The molecule has 190 valence electrons. The van der Waals surface area contributed by atoms with Gasteiger partial charge in [0.25, 0.3) is 0 Å². The number of benzene rings is 1. The number of alkyl halides is 2. The van der Waals surface area contributed by atoms with Crippen molar-refractivity contribution < 1.29 is 42.8 Å². The molecule has 1 aromatic carbocycles. The topological polar surface area (TPSA) is 142 Å². The molecule has 13 heteroatoms. The van der Waals surface area contributed by atoms with E-state index in [9.17, 15) is 23.5 Å². The number of rotatable bonds is 6. The largest absolute Gasteiger partial charge is 0.447 e. The number of carbonyl (C=O) groups excluding carboxylic acids is 2. The van der Waals surface area contributed by atoms with Crippen LogP contribution in [-0.2, 0) is 20.8 Å². The molecule has 0 aliphatic carbocycles. The quantitative estimate of drug-likeness (QED) is 0.470. The zero-order valence-electron chi connectivity index (χ0n) is 19.0. The molecule has 1 unspecified atom stereocenters. The second-order valence-corrected chi connectivity index (χ2v) is 7.94. The van der Waals surface area contributed by atoms with Crippen LogP contribution in [0.15, 0.2) is 53.9 Å². The first-order valence-electron chi connectivity index (χ1n) is 10.6. The van der Waals surface area contributed by atoms with Crippen molar-refractivity contribution in [2.45, 2.75) is 50.9 Å². The molecule has 1 saturated heterocycles. The SMILES string of the molecule is C=C1N=C(NC(=O)OCc2ccc(NC(=O)OC(C)C)cc2)C=CN1[C@@H]1O[C@H](CO)C(O)C1(F)F. The highest BCUT2D eigenvalue weighted by molar-refractivity contribution is 6.03. The zero-order valence-corrected chi connectivity index (χ0v) is 19.0. The van der Waals surface area contributed by atoms with Gasteiger partial charge in [-0.25, -0.2) is 14.6 Å². The van der Waals surface area contributed by atoms with Crippen molar-refractivity contribution in [2.24, 2.45) is 4.99 Å². The van der Waals surface area contributed by atoms with Gasteiger partial charge in [-0.05, 0) is 37.6 Å². The highest BCUT2D eigenvalue weighted by Crippen LogP contribution is 2.39. The Kier molecular flexibility index (Phi) is 8.04. The summed E-state index contributed by atoms with van der Waals surface area (Å²) in [6, 6.07) is 6.52. The first-order chi connectivity index (χ1) is 16.5. The van der Waals surface area contributed by atoms with Crippen LogP contribution in [-0.4, -0.2) is 70.2 Å². The van der Waals surface area contributed by atoms with Crippen molar-refractivity contribution in [3.63, 3.8) is 0 Å². The number of amides is 2. The molecule has 2 aliphatic heterocycles. The monoisotopic (exact) mass is 496 g/mol. The molecular formula is C22H26F2N4O7. The molecule has 2 aliphatic rings. The fourth-order valence-electron chi connectivity index (χ4n) is 3.21. The Balaban J connectivity index is 1.49. The van der Waals surface area contributed by atoms with Gasteiger partial charge >= 0.3 is 18.1 Å². The van der Waals surface area contributed by atoms with Crippen LogP contribution in [0.2, 0.25) is 0 Å². The number of amidine groups is 1. The number of hydrogen-bond donors (Lipinski definition) is 4. The number of aliphatic imine (C=N–C) groups is 1. The molecule has 0 bridgehead atoms. The summed E-state index contributed by atoms with van der Waals surface area (Å²) in [7, 11) is 0. The standard InChI is InChI=1S/C22H26F2N4O7/c1-12(2)34-21(32)26-15-6-4-14(5-7-15)11-33-20(31)27-17-8-9-28(13(3)25-17)19-22(23,24)18(30)16(10-29)35-19/h4-9,12,16,18-19,29-30H,3,10-11H2,1-2H3,(H,26,32)(H,25,27,31)/t16-,18?,19-/m1/s1. The number of aliphatic hydroxyl groups excluding tert-OH is 2. The van der Waals surface area contributed by atoms with Gasteiger partial charge in [-0.2, -0.15) is 8.78 Å². The molecule has 0 spiro atoms. The molecule has 1 aromatic rings. The van der Waals surface area contributed by atoms with Gasteiger partial charge in [0.1, 0.15) is 24.4 Å². The molecule has 2 amide bonds. The van der Waals surface area contributed by atoms with E-state index in [0.29, 0.717) is 11.3 Å². The molecule has 0 aromatic heterocycles. The lowest BCUT2D eigenvalue weighted by molar-refractivity contribution is -0.148. The number of aliphatic hydroxyl groups is 2. The van der Waals surface area contributed by atoms with E-state index < -0.39 is 43.2 Å². The number of hydrogen-bond acceptors (Lipinski definition) is 9. The number of ether oxygens (including phenoxy) is 3. The van der Waals surface area contributed by atoms with Gasteiger partial charge < -0.3 is 29.3 Å². The van der Waals surface area contributed by atoms with Gasteiger partial charge in [0.2, 0.25) is 6.23 Å². The van der Waals surface area contributed by atoms with Crippen LogP contribution >= 0.6 is 0 Å². The molecule has 11 nitrogen and oxygen atoms in total. The van der Waals surface area contributed by atoms with Gasteiger partial charge in [-0.3, -0.25) is 10.6 Å². The van der Waals surface area contributed by atoms with Crippen molar-refractivity contribution in [1.82, 2.24) is 10.2 Å². The molecule has 2 heterocycles. The summed E-state index contributed by atoms with van der Waals surface area (Å²) in [6.07, 6.45) is -4.90.